The number of hydrogen-bond acceptors (Lipinski definition) is 4. The lowest BCUT2D eigenvalue weighted by Crippen LogP contribution is -2.57. The molecule has 0 aromatic heterocycles. The number of aliphatic hydroxyl groups is 1. The molecule has 4 fully saturated rings. The van der Waals surface area contributed by atoms with Crippen molar-refractivity contribution in [1.82, 2.24) is 0 Å². The first-order valence-corrected chi connectivity index (χ1v) is 12.0. The van der Waals surface area contributed by atoms with E-state index in [9.17, 15) is 14.7 Å². The first kappa shape index (κ1) is 21.3. The van der Waals surface area contributed by atoms with E-state index in [1.807, 2.05) is 0 Å². The van der Waals surface area contributed by atoms with Gasteiger partial charge in [-0.2, -0.15) is 0 Å². The van der Waals surface area contributed by atoms with E-state index in [4.69, 9.17) is 4.74 Å². The molecule has 1 N–H and O–H groups in total. The fourth-order valence-corrected chi connectivity index (χ4v) is 8.53. The summed E-state index contributed by atoms with van der Waals surface area (Å²) in [6.45, 7) is 7.18. The monoisotopic (exact) mass is 404 g/mol. The molecule has 4 saturated carbocycles. The minimum atomic E-state index is -0.210. The zero-order chi connectivity index (χ0) is 21.0. The molecule has 0 heterocycles. The van der Waals surface area contributed by atoms with Gasteiger partial charge in [0.2, 0.25) is 0 Å². The van der Waals surface area contributed by atoms with Gasteiger partial charge >= 0.3 is 5.97 Å². The second-order valence-corrected chi connectivity index (χ2v) is 11.4. The third kappa shape index (κ3) is 3.38. The van der Waals surface area contributed by atoms with Crippen LogP contribution in [0.4, 0.5) is 0 Å². The number of fused-ring (bicyclic) bond motifs is 5. The highest BCUT2D eigenvalue weighted by atomic mass is 16.5. The van der Waals surface area contributed by atoms with Crippen LogP contribution in [-0.2, 0) is 14.3 Å². The molecule has 0 aromatic rings. The van der Waals surface area contributed by atoms with Crippen LogP contribution >= 0.6 is 0 Å². The highest BCUT2D eigenvalue weighted by molar-refractivity contribution is 5.83. The first-order valence-electron chi connectivity index (χ1n) is 12.0. The molecule has 4 aliphatic rings. The number of rotatable bonds is 4. The van der Waals surface area contributed by atoms with Crippen LogP contribution < -0.4 is 0 Å². The van der Waals surface area contributed by atoms with Crippen LogP contribution in [-0.4, -0.2) is 30.1 Å². The molecule has 4 nitrogen and oxygen atoms in total. The molecule has 0 saturated heterocycles. The van der Waals surface area contributed by atoms with Crippen molar-refractivity contribution < 1.29 is 19.4 Å². The third-order valence-corrected chi connectivity index (χ3v) is 10.2. The molecule has 9 atom stereocenters. The van der Waals surface area contributed by atoms with Crippen LogP contribution in [0, 0.1) is 46.3 Å². The second kappa shape index (κ2) is 7.66. The molecule has 0 spiro atoms. The van der Waals surface area contributed by atoms with E-state index in [1.54, 1.807) is 0 Å². The summed E-state index contributed by atoms with van der Waals surface area (Å²) in [4.78, 5) is 25.0. The van der Waals surface area contributed by atoms with Crippen molar-refractivity contribution in [3.63, 3.8) is 0 Å². The Hall–Kier alpha value is -0.900. The number of carbonyl (C=O) groups is 2. The van der Waals surface area contributed by atoms with E-state index in [2.05, 4.69) is 20.8 Å². The minimum Gasteiger partial charge on any atom is -0.469 e. The van der Waals surface area contributed by atoms with Crippen LogP contribution in [0.1, 0.15) is 85.0 Å². The van der Waals surface area contributed by atoms with Gasteiger partial charge in [0.25, 0.3) is 0 Å². The van der Waals surface area contributed by atoms with E-state index in [-0.39, 0.29) is 28.8 Å². The van der Waals surface area contributed by atoms with Crippen molar-refractivity contribution in [2.75, 3.05) is 7.11 Å². The third-order valence-electron chi connectivity index (χ3n) is 10.2. The Kier molecular flexibility index (Phi) is 5.63. The van der Waals surface area contributed by atoms with Crippen molar-refractivity contribution in [2.24, 2.45) is 46.3 Å². The summed E-state index contributed by atoms with van der Waals surface area (Å²) in [6, 6.07) is 0. The highest BCUT2D eigenvalue weighted by Gasteiger charge is 2.62. The maximum atomic E-state index is 13.4. The molecule has 0 bridgehead atoms. The summed E-state index contributed by atoms with van der Waals surface area (Å²) in [6.07, 6.45) is 9.40. The summed E-state index contributed by atoms with van der Waals surface area (Å²) < 4.78 is 4.85. The number of esters is 1. The lowest BCUT2D eigenvalue weighted by Gasteiger charge is -2.60. The van der Waals surface area contributed by atoms with E-state index in [0.29, 0.717) is 48.2 Å². The van der Waals surface area contributed by atoms with Crippen LogP contribution in [0.25, 0.3) is 0 Å². The van der Waals surface area contributed by atoms with Gasteiger partial charge in [0.05, 0.1) is 13.2 Å². The summed E-state index contributed by atoms with van der Waals surface area (Å²) in [5.41, 5.74) is 0.456. The number of ether oxygens (including phenoxy) is 1. The van der Waals surface area contributed by atoms with Crippen molar-refractivity contribution in [3.05, 3.63) is 0 Å². The molecular weight excluding hydrogens is 364 g/mol. The molecule has 0 amide bonds. The van der Waals surface area contributed by atoms with E-state index in [0.717, 1.165) is 32.1 Å². The first-order chi connectivity index (χ1) is 13.7. The smallest absolute Gasteiger partial charge is 0.305 e. The Morgan fingerprint density at radius 2 is 1.83 bits per heavy atom. The van der Waals surface area contributed by atoms with Crippen LogP contribution in [0.3, 0.4) is 0 Å². The predicted molar refractivity (Wildman–Crippen MR) is 112 cm³/mol. The van der Waals surface area contributed by atoms with Gasteiger partial charge in [-0.1, -0.05) is 20.8 Å². The molecule has 2 unspecified atom stereocenters. The van der Waals surface area contributed by atoms with Gasteiger partial charge < -0.3 is 9.84 Å². The number of Topliss-reactive ketones (excluding diaryl/α,β-unsaturated/α-hetero) is 1. The molecule has 29 heavy (non-hydrogen) atoms. The molecule has 0 aliphatic heterocycles. The predicted octanol–water partition coefficient (Wildman–Crippen LogP) is 4.77. The Bertz CT molecular complexity index is 659. The second-order valence-electron chi connectivity index (χ2n) is 11.4. The Labute approximate surface area is 176 Å². The van der Waals surface area contributed by atoms with Crippen molar-refractivity contribution in [2.45, 2.75) is 91.1 Å². The quantitative estimate of drug-likeness (QED) is 0.685. The standard InChI is InChI=1S/C25H40O4/c1-15(5-8-22(28)29-4)18-6-7-19-23-20(10-12-25(18,19)3)24(2)11-9-17(26)13-16(24)14-21(23)27/h15-20,23,26H,5-14H2,1-4H3/t15-,16-,17+,18?,19-,20-,23-,24-,25?/m0/s1. The van der Waals surface area contributed by atoms with Crippen LogP contribution in [0.2, 0.25) is 0 Å². The minimum absolute atomic E-state index is 0.110. The fourth-order valence-electron chi connectivity index (χ4n) is 8.53. The maximum Gasteiger partial charge on any atom is 0.305 e. The fraction of sp³-hybridized carbons (Fsp3) is 0.920. The molecule has 0 aromatic carbocycles. The Balaban J connectivity index is 1.53. The maximum absolute atomic E-state index is 13.4. The zero-order valence-electron chi connectivity index (χ0n) is 18.8. The van der Waals surface area contributed by atoms with Gasteiger partial charge in [-0.3, -0.25) is 9.59 Å². The Morgan fingerprint density at radius 1 is 1.14 bits per heavy atom. The summed E-state index contributed by atoms with van der Waals surface area (Å²) in [5.74, 6) is 3.08. The summed E-state index contributed by atoms with van der Waals surface area (Å²) in [7, 11) is 1.47. The molecule has 4 heteroatoms. The van der Waals surface area contributed by atoms with Crippen molar-refractivity contribution in [3.8, 4) is 0 Å². The molecule has 0 radical (unpaired) electrons. The number of methoxy groups -OCH3 is 1. The van der Waals surface area contributed by atoms with Gasteiger partial charge in [0, 0.05) is 18.8 Å². The highest BCUT2D eigenvalue weighted by Crippen LogP contribution is 2.67. The van der Waals surface area contributed by atoms with Crippen molar-refractivity contribution in [1.29, 1.82) is 0 Å². The van der Waals surface area contributed by atoms with Crippen LogP contribution in [0.5, 0.6) is 0 Å². The molecule has 4 aliphatic carbocycles. The van der Waals surface area contributed by atoms with Gasteiger partial charge in [-0.25, -0.2) is 0 Å². The normalized spacial score (nSPS) is 47.7. The van der Waals surface area contributed by atoms with Crippen molar-refractivity contribution >= 4 is 11.8 Å². The number of aliphatic hydroxyl groups excluding tert-OH is 1. The summed E-state index contributed by atoms with van der Waals surface area (Å²) >= 11 is 0. The topological polar surface area (TPSA) is 63.6 Å². The number of hydrogen-bond donors (Lipinski definition) is 1. The summed E-state index contributed by atoms with van der Waals surface area (Å²) in [5, 5.41) is 10.2. The molecule has 4 rings (SSSR count). The van der Waals surface area contributed by atoms with E-state index in [1.165, 1.54) is 26.4 Å². The average molecular weight is 405 g/mol. The molecule has 164 valence electrons. The lowest BCUT2D eigenvalue weighted by molar-refractivity contribution is -0.160. The average Bonchev–Trinajstić information content (AvgIpc) is 3.04. The SMILES string of the molecule is COC(=O)CC[C@H](C)C1CC[C@H]2[C@@H]3C(=O)C[C@@H]4C[C@H](O)CC[C@]4(C)[C@H]3CCC12C. The van der Waals surface area contributed by atoms with Gasteiger partial charge in [0.1, 0.15) is 5.78 Å². The van der Waals surface area contributed by atoms with Crippen LogP contribution in [0.15, 0.2) is 0 Å². The molecular formula is C25H40O4. The Morgan fingerprint density at radius 3 is 2.55 bits per heavy atom. The van der Waals surface area contributed by atoms with Gasteiger partial charge in [-0.15, -0.1) is 0 Å². The lowest BCUT2D eigenvalue weighted by atomic mass is 9.44. The van der Waals surface area contributed by atoms with E-state index >= 15 is 0 Å². The largest absolute Gasteiger partial charge is 0.469 e. The van der Waals surface area contributed by atoms with Gasteiger partial charge in [0.15, 0.2) is 0 Å². The van der Waals surface area contributed by atoms with E-state index < -0.39 is 0 Å². The van der Waals surface area contributed by atoms with Gasteiger partial charge in [-0.05, 0) is 91.8 Å². The number of carbonyl (C=O) groups excluding carboxylic acids is 2. The number of ketones is 1. The zero-order valence-corrected chi connectivity index (χ0v) is 18.8.